The molecule has 2 aromatic rings. The van der Waals surface area contributed by atoms with Crippen molar-refractivity contribution in [2.45, 2.75) is 32.3 Å². The highest BCUT2D eigenvalue weighted by molar-refractivity contribution is 5.35. The second kappa shape index (κ2) is 7.71. The summed E-state index contributed by atoms with van der Waals surface area (Å²) in [5, 5.41) is 9.96. The first-order valence-electron chi connectivity index (χ1n) is 7.25. The van der Waals surface area contributed by atoms with Crippen LogP contribution in [0.1, 0.15) is 37.0 Å². The molecule has 0 fully saturated rings. The van der Waals surface area contributed by atoms with Crippen LogP contribution in [0.3, 0.4) is 0 Å². The first-order valence-corrected chi connectivity index (χ1v) is 7.25. The van der Waals surface area contributed by atoms with Crippen LogP contribution in [0.25, 0.3) is 0 Å². The minimum atomic E-state index is -0.444. The number of rotatable bonds is 7. The molecule has 0 aliphatic heterocycles. The average molecular weight is 270 g/mol. The van der Waals surface area contributed by atoms with Crippen molar-refractivity contribution in [3.63, 3.8) is 0 Å². The smallest absolute Gasteiger partial charge is 0.125 e. The van der Waals surface area contributed by atoms with E-state index in [-0.39, 0.29) is 0 Å². The van der Waals surface area contributed by atoms with E-state index in [0.717, 1.165) is 24.2 Å². The van der Waals surface area contributed by atoms with Gasteiger partial charge in [0.2, 0.25) is 0 Å². The predicted octanol–water partition coefficient (Wildman–Crippen LogP) is 4.14. The molecule has 1 unspecified atom stereocenters. The van der Waals surface area contributed by atoms with Crippen LogP contribution < -0.4 is 4.74 Å². The molecule has 20 heavy (non-hydrogen) atoms. The van der Waals surface area contributed by atoms with Gasteiger partial charge in [-0.3, -0.25) is 0 Å². The Morgan fingerprint density at radius 2 is 1.70 bits per heavy atom. The zero-order chi connectivity index (χ0) is 14.2. The second-order valence-electron chi connectivity index (χ2n) is 4.90. The summed E-state index contributed by atoms with van der Waals surface area (Å²) < 4.78 is 5.82. The van der Waals surface area contributed by atoms with Crippen LogP contribution in [0.15, 0.2) is 54.6 Å². The lowest BCUT2D eigenvalue weighted by molar-refractivity contribution is 0.167. The Hall–Kier alpha value is -1.80. The van der Waals surface area contributed by atoms with E-state index in [9.17, 15) is 5.11 Å². The molecule has 2 rings (SSSR count). The molecule has 2 nitrogen and oxygen atoms in total. The highest BCUT2D eigenvalue weighted by Gasteiger charge is 2.10. The van der Waals surface area contributed by atoms with Crippen LogP contribution in [0.2, 0.25) is 0 Å². The van der Waals surface area contributed by atoms with Gasteiger partial charge in [-0.25, -0.2) is 0 Å². The minimum Gasteiger partial charge on any atom is -0.493 e. The summed E-state index contributed by atoms with van der Waals surface area (Å²) in [5.41, 5.74) is 2.22. The van der Waals surface area contributed by atoms with Gasteiger partial charge < -0.3 is 9.84 Å². The first-order chi connectivity index (χ1) is 9.81. The lowest BCUT2D eigenvalue weighted by Gasteiger charge is -2.14. The SMILES string of the molecule is CCC(O)c1ccccc1OCCCc1ccccc1. The fourth-order valence-corrected chi connectivity index (χ4v) is 2.21. The van der Waals surface area contributed by atoms with Gasteiger partial charge >= 0.3 is 0 Å². The van der Waals surface area contributed by atoms with Crippen LogP contribution in [-0.2, 0) is 6.42 Å². The molecular formula is C18H22O2. The molecule has 1 atom stereocenters. The van der Waals surface area contributed by atoms with Crippen molar-refractivity contribution in [2.24, 2.45) is 0 Å². The lowest BCUT2D eigenvalue weighted by atomic mass is 10.1. The Morgan fingerprint density at radius 1 is 1.00 bits per heavy atom. The third-order valence-corrected chi connectivity index (χ3v) is 3.37. The number of aryl methyl sites for hydroxylation is 1. The van der Waals surface area contributed by atoms with Gasteiger partial charge in [0, 0.05) is 5.56 Å². The molecule has 0 saturated heterocycles. The van der Waals surface area contributed by atoms with Gasteiger partial charge in [0.25, 0.3) is 0 Å². The molecule has 0 saturated carbocycles. The Morgan fingerprint density at radius 3 is 2.45 bits per heavy atom. The Balaban J connectivity index is 1.85. The van der Waals surface area contributed by atoms with Gasteiger partial charge in [-0.1, -0.05) is 55.5 Å². The molecule has 0 heterocycles. The summed E-state index contributed by atoms with van der Waals surface area (Å²) in [6, 6.07) is 18.2. The van der Waals surface area contributed by atoms with Gasteiger partial charge in [0.05, 0.1) is 12.7 Å². The fraction of sp³-hybridized carbons (Fsp3) is 0.333. The number of hydrogen-bond acceptors (Lipinski definition) is 2. The van der Waals surface area contributed by atoms with Crippen molar-refractivity contribution in [1.82, 2.24) is 0 Å². The van der Waals surface area contributed by atoms with Crippen LogP contribution in [0, 0.1) is 0 Å². The molecule has 0 aliphatic carbocycles. The number of hydrogen-bond donors (Lipinski definition) is 1. The average Bonchev–Trinajstić information content (AvgIpc) is 2.52. The van der Waals surface area contributed by atoms with Gasteiger partial charge in [-0.15, -0.1) is 0 Å². The van der Waals surface area contributed by atoms with Crippen molar-refractivity contribution in [2.75, 3.05) is 6.61 Å². The maximum Gasteiger partial charge on any atom is 0.125 e. The summed E-state index contributed by atoms with van der Waals surface area (Å²) in [7, 11) is 0. The van der Waals surface area contributed by atoms with Crippen molar-refractivity contribution in [3.8, 4) is 5.75 Å². The minimum absolute atomic E-state index is 0.444. The van der Waals surface area contributed by atoms with Crippen molar-refractivity contribution < 1.29 is 9.84 Å². The highest BCUT2D eigenvalue weighted by atomic mass is 16.5. The highest BCUT2D eigenvalue weighted by Crippen LogP contribution is 2.26. The number of benzene rings is 2. The van der Waals surface area contributed by atoms with Gasteiger partial charge in [0.15, 0.2) is 0 Å². The largest absolute Gasteiger partial charge is 0.493 e. The molecule has 2 aromatic carbocycles. The number of aliphatic hydroxyl groups is 1. The van der Waals surface area contributed by atoms with Gasteiger partial charge in [-0.05, 0) is 30.9 Å². The number of para-hydroxylation sites is 1. The zero-order valence-electron chi connectivity index (χ0n) is 12.0. The molecule has 2 heteroatoms. The predicted molar refractivity (Wildman–Crippen MR) is 82.0 cm³/mol. The maximum atomic E-state index is 9.96. The summed E-state index contributed by atoms with van der Waals surface area (Å²) in [6.45, 7) is 2.64. The van der Waals surface area contributed by atoms with E-state index in [1.54, 1.807) is 0 Å². The second-order valence-corrected chi connectivity index (χ2v) is 4.90. The zero-order valence-corrected chi connectivity index (χ0v) is 12.0. The first kappa shape index (κ1) is 14.6. The van der Waals surface area contributed by atoms with E-state index in [1.165, 1.54) is 5.56 Å². The van der Waals surface area contributed by atoms with E-state index < -0.39 is 6.10 Å². The van der Waals surface area contributed by atoms with Crippen LogP contribution in [-0.4, -0.2) is 11.7 Å². The van der Waals surface area contributed by atoms with Crippen molar-refractivity contribution in [1.29, 1.82) is 0 Å². The molecule has 0 amide bonds. The molecule has 1 N–H and O–H groups in total. The van der Waals surface area contributed by atoms with Gasteiger partial charge in [-0.2, -0.15) is 0 Å². The summed E-state index contributed by atoms with van der Waals surface area (Å²) in [6.07, 6.45) is 2.24. The van der Waals surface area contributed by atoms with Crippen LogP contribution in [0.5, 0.6) is 5.75 Å². The van der Waals surface area contributed by atoms with E-state index in [1.807, 2.05) is 37.3 Å². The topological polar surface area (TPSA) is 29.5 Å². The van der Waals surface area contributed by atoms with Crippen molar-refractivity contribution >= 4 is 0 Å². The third kappa shape index (κ3) is 4.10. The molecule has 106 valence electrons. The number of aliphatic hydroxyl groups excluding tert-OH is 1. The third-order valence-electron chi connectivity index (χ3n) is 3.37. The standard InChI is InChI=1S/C18H22O2/c1-2-17(19)16-12-6-7-13-18(16)20-14-8-11-15-9-4-3-5-10-15/h3-7,9-10,12-13,17,19H,2,8,11,14H2,1H3. The van der Waals surface area contributed by atoms with Gasteiger partial charge in [0.1, 0.15) is 5.75 Å². The molecule has 0 radical (unpaired) electrons. The lowest BCUT2D eigenvalue weighted by Crippen LogP contribution is -2.04. The van der Waals surface area contributed by atoms with E-state index in [0.29, 0.717) is 13.0 Å². The number of ether oxygens (including phenoxy) is 1. The summed E-state index contributed by atoms with van der Waals surface area (Å²) >= 11 is 0. The van der Waals surface area contributed by atoms with E-state index >= 15 is 0 Å². The maximum absolute atomic E-state index is 9.96. The summed E-state index contributed by atoms with van der Waals surface area (Å²) in [5.74, 6) is 0.801. The molecule has 0 aromatic heterocycles. The van der Waals surface area contributed by atoms with Crippen molar-refractivity contribution in [3.05, 3.63) is 65.7 Å². The van der Waals surface area contributed by atoms with Crippen LogP contribution in [0.4, 0.5) is 0 Å². The van der Waals surface area contributed by atoms with Crippen LogP contribution >= 0.6 is 0 Å². The summed E-state index contributed by atoms with van der Waals surface area (Å²) in [4.78, 5) is 0. The Kier molecular flexibility index (Phi) is 5.63. The normalized spacial score (nSPS) is 12.1. The quantitative estimate of drug-likeness (QED) is 0.766. The molecule has 0 aliphatic rings. The fourth-order valence-electron chi connectivity index (χ4n) is 2.21. The van der Waals surface area contributed by atoms with E-state index in [4.69, 9.17) is 4.74 Å². The Bertz CT molecular complexity index is 508. The van der Waals surface area contributed by atoms with E-state index in [2.05, 4.69) is 24.3 Å². The molecule has 0 bridgehead atoms. The monoisotopic (exact) mass is 270 g/mol. The molecule has 0 spiro atoms. The molecular weight excluding hydrogens is 248 g/mol. The Labute approximate surface area is 121 Å².